The summed E-state index contributed by atoms with van der Waals surface area (Å²) in [5.41, 5.74) is 1.76. The smallest absolute Gasteiger partial charge is 0.307 e. The van der Waals surface area contributed by atoms with Crippen LogP contribution in [-0.2, 0) is 4.79 Å². The van der Waals surface area contributed by atoms with Gasteiger partial charge in [-0.2, -0.15) is 0 Å². The quantitative estimate of drug-likeness (QED) is 0.783. The molecule has 1 aliphatic heterocycles. The Bertz CT molecular complexity index is 461. The van der Waals surface area contributed by atoms with Crippen LogP contribution >= 0.6 is 15.9 Å². The molecule has 0 aromatic heterocycles. The number of carbonyl (C=O) groups is 1. The minimum atomic E-state index is -0.785. The topological polar surface area (TPSA) is 69.6 Å². The van der Waals surface area contributed by atoms with E-state index in [0.717, 1.165) is 11.1 Å². The van der Waals surface area contributed by atoms with E-state index in [1.807, 2.05) is 13.0 Å². The second kappa shape index (κ2) is 4.66. The molecular formula is C12H14BrNO3. The third-order valence-corrected chi connectivity index (χ3v) is 3.85. The van der Waals surface area contributed by atoms with Crippen LogP contribution in [0.2, 0.25) is 0 Å². The van der Waals surface area contributed by atoms with Gasteiger partial charge in [-0.25, -0.2) is 0 Å². The van der Waals surface area contributed by atoms with Gasteiger partial charge in [0.2, 0.25) is 0 Å². The first kappa shape index (κ1) is 12.4. The maximum atomic E-state index is 10.9. The number of nitrogens with one attached hydrogen (secondary N) is 1. The summed E-state index contributed by atoms with van der Waals surface area (Å²) in [6.07, 6.45) is 0.514. The number of halogens is 1. The van der Waals surface area contributed by atoms with E-state index in [4.69, 9.17) is 5.11 Å². The van der Waals surface area contributed by atoms with Crippen molar-refractivity contribution < 1.29 is 15.0 Å². The molecule has 0 radical (unpaired) electrons. The molecule has 2 unspecified atom stereocenters. The van der Waals surface area contributed by atoms with Crippen molar-refractivity contribution in [2.24, 2.45) is 5.92 Å². The summed E-state index contributed by atoms with van der Waals surface area (Å²) in [5.74, 6) is -0.960. The van der Waals surface area contributed by atoms with Crippen LogP contribution in [0.4, 0.5) is 0 Å². The Labute approximate surface area is 108 Å². The summed E-state index contributed by atoms with van der Waals surface area (Å²) >= 11 is 3.28. The number of carboxylic acids is 1. The second-order valence-electron chi connectivity index (χ2n) is 4.36. The Hall–Kier alpha value is -1.07. The average molecular weight is 300 g/mol. The highest BCUT2D eigenvalue weighted by atomic mass is 79.9. The summed E-state index contributed by atoms with van der Waals surface area (Å²) in [6, 6.07) is 3.61. The van der Waals surface area contributed by atoms with Gasteiger partial charge in [0.1, 0.15) is 5.75 Å². The molecule has 5 heteroatoms. The van der Waals surface area contributed by atoms with Gasteiger partial charge in [-0.3, -0.25) is 4.79 Å². The molecule has 0 amide bonds. The monoisotopic (exact) mass is 299 g/mol. The fraction of sp³-hybridized carbons (Fsp3) is 0.417. The molecule has 2 rings (SSSR count). The minimum absolute atomic E-state index is 0.0893. The number of aliphatic carboxylic acids is 1. The van der Waals surface area contributed by atoms with Crippen LogP contribution < -0.4 is 5.32 Å². The van der Waals surface area contributed by atoms with Gasteiger partial charge in [0.25, 0.3) is 0 Å². The molecular weight excluding hydrogens is 286 g/mol. The standard InChI is InChI=1S/C12H14BrNO3/c1-6-2-3-8(13)11(15)10(6)9-4-7(5-14-9)12(16)17/h2-3,7,9,14-15H,4-5H2,1H3,(H,16,17). The van der Waals surface area contributed by atoms with E-state index in [1.165, 1.54) is 0 Å². The van der Waals surface area contributed by atoms with Crippen LogP contribution in [-0.4, -0.2) is 22.7 Å². The maximum absolute atomic E-state index is 10.9. The van der Waals surface area contributed by atoms with Crippen LogP contribution in [0.25, 0.3) is 0 Å². The second-order valence-corrected chi connectivity index (χ2v) is 5.21. The Balaban J connectivity index is 2.30. The number of hydrogen-bond acceptors (Lipinski definition) is 3. The predicted molar refractivity (Wildman–Crippen MR) is 67.0 cm³/mol. The number of benzene rings is 1. The molecule has 0 saturated carbocycles. The van der Waals surface area contributed by atoms with Crippen LogP contribution in [0.3, 0.4) is 0 Å². The number of carboxylic acid groups (broad SMARTS) is 1. The van der Waals surface area contributed by atoms with E-state index >= 15 is 0 Å². The highest BCUT2D eigenvalue weighted by Crippen LogP contribution is 2.38. The van der Waals surface area contributed by atoms with Crippen molar-refractivity contribution in [2.45, 2.75) is 19.4 Å². The molecule has 2 atom stereocenters. The molecule has 4 nitrogen and oxygen atoms in total. The number of phenolic OH excluding ortho intramolecular Hbond substituents is 1. The van der Waals surface area contributed by atoms with Gasteiger partial charge < -0.3 is 15.5 Å². The number of rotatable bonds is 2. The number of aromatic hydroxyl groups is 1. The molecule has 17 heavy (non-hydrogen) atoms. The lowest BCUT2D eigenvalue weighted by atomic mass is 9.96. The minimum Gasteiger partial charge on any atom is -0.506 e. The molecule has 1 fully saturated rings. The third kappa shape index (κ3) is 2.30. The lowest BCUT2D eigenvalue weighted by molar-refractivity contribution is -0.141. The van der Waals surface area contributed by atoms with Crippen molar-refractivity contribution in [3.05, 3.63) is 27.7 Å². The summed E-state index contributed by atoms with van der Waals surface area (Å²) in [5, 5.41) is 22.1. The molecule has 1 saturated heterocycles. The fourth-order valence-electron chi connectivity index (χ4n) is 2.27. The molecule has 1 aromatic carbocycles. The van der Waals surface area contributed by atoms with Crippen molar-refractivity contribution in [3.8, 4) is 5.75 Å². The first-order valence-corrected chi connectivity index (χ1v) is 6.24. The van der Waals surface area contributed by atoms with Crippen LogP contribution in [0.5, 0.6) is 5.75 Å². The lowest BCUT2D eigenvalue weighted by Crippen LogP contribution is -2.17. The molecule has 0 aliphatic carbocycles. The van der Waals surface area contributed by atoms with Gasteiger partial charge in [-0.05, 0) is 40.9 Å². The van der Waals surface area contributed by atoms with Crippen LogP contribution in [0.1, 0.15) is 23.6 Å². The zero-order valence-electron chi connectivity index (χ0n) is 9.40. The van der Waals surface area contributed by atoms with Crippen molar-refractivity contribution in [1.82, 2.24) is 5.32 Å². The van der Waals surface area contributed by atoms with E-state index in [9.17, 15) is 9.90 Å². The van der Waals surface area contributed by atoms with Gasteiger partial charge >= 0.3 is 5.97 Å². The zero-order valence-corrected chi connectivity index (χ0v) is 11.0. The summed E-state index contributed by atoms with van der Waals surface area (Å²) in [6.45, 7) is 2.36. The lowest BCUT2D eigenvalue weighted by Gasteiger charge is -2.16. The van der Waals surface area contributed by atoms with Crippen molar-refractivity contribution in [1.29, 1.82) is 0 Å². The molecule has 1 heterocycles. The Morgan fingerprint density at radius 3 is 2.82 bits per heavy atom. The highest BCUT2D eigenvalue weighted by molar-refractivity contribution is 9.10. The third-order valence-electron chi connectivity index (χ3n) is 3.21. The normalized spacial score (nSPS) is 23.9. The molecule has 0 bridgehead atoms. The average Bonchev–Trinajstić information content (AvgIpc) is 2.73. The van der Waals surface area contributed by atoms with Crippen molar-refractivity contribution in [2.75, 3.05) is 6.54 Å². The van der Waals surface area contributed by atoms with E-state index in [2.05, 4.69) is 21.2 Å². The van der Waals surface area contributed by atoms with Crippen LogP contribution in [0, 0.1) is 12.8 Å². The van der Waals surface area contributed by atoms with E-state index in [-0.39, 0.29) is 17.7 Å². The van der Waals surface area contributed by atoms with Gasteiger partial charge in [0.15, 0.2) is 0 Å². The van der Waals surface area contributed by atoms with Gasteiger partial charge in [-0.1, -0.05) is 6.07 Å². The predicted octanol–water partition coefficient (Wildman–Crippen LogP) is 2.20. The summed E-state index contributed by atoms with van der Waals surface area (Å²) < 4.78 is 0.638. The number of hydrogen-bond donors (Lipinski definition) is 3. The molecule has 92 valence electrons. The first-order chi connectivity index (χ1) is 8.00. The Morgan fingerprint density at radius 1 is 1.53 bits per heavy atom. The Kier molecular flexibility index (Phi) is 3.40. The fourth-order valence-corrected chi connectivity index (χ4v) is 2.61. The van der Waals surface area contributed by atoms with Gasteiger partial charge in [0.05, 0.1) is 10.4 Å². The van der Waals surface area contributed by atoms with Gasteiger partial charge in [-0.15, -0.1) is 0 Å². The highest BCUT2D eigenvalue weighted by Gasteiger charge is 2.32. The molecule has 1 aliphatic rings. The Morgan fingerprint density at radius 2 is 2.24 bits per heavy atom. The summed E-state index contributed by atoms with van der Waals surface area (Å²) in [4.78, 5) is 10.9. The summed E-state index contributed by atoms with van der Waals surface area (Å²) in [7, 11) is 0. The molecule has 0 spiro atoms. The van der Waals surface area contributed by atoms with E-state index < -0.39 is 5.97 Å². The largest absolute Gasteiger partial charge is 0.506 e. The maximum Gasteiger partial charge on any atom is 0.307 e. The van der Waals surface area contributed by atoms with Crippen molar-refractivity contribution in [3.63, 3.8) is 0 Å². The van der Waals surface area contributed by atoms with Gasteiger partial charge in [0, 0.05) is 18.2 Å². The molecule has 1 aromatic rings. The number of phenols is 1. The van der Waals surface area contributed by atoms with E-state index in [1.54, 1.807) is 6.07 Å². The van der Waals surface area contributed by atoms with Crippen molar-refractivity contribution >= 4 is 21.9 Å². The zero-order chi connectivity index (χ0) is 12.6. The first-order valence-electron chi connectivity index (χ1n) is 5.45. The SMILES string of the molecule is Cc1ccc(Br)c(O)c1C1CC(C(=O)O)CN1. The van der Waals surface area contributed by atoms with E-state index in [0.29, 0.717) is 17.4 Å². The number of aryl methyl sites for hydroxylation is 1. The molecule has 3 N–H and O–H groups in total. The van der Waals surface area contributed by atoms with Crippen LogP contribution in [0.15, 0.2) is 16.6 Å².